The van der Waals surface area contributed by atoms with Crippen LogP contribution in [0.4, 0.5) is 0 Å². The molecule has 6 heteroatoms. The standard InChI is InChI=1S/C25H30Cl2N2O2/c1-17-7-6-8-19(13-17)14-24(30)29(16-20-11-12-21(26)15-23(20)27)18(2)25(31)28-22-9-4-3-5-10-22/h6-8,11-13,15,18,22H,3-5,9-10,14,16H2,1-2H3,(H,28,31). The largest absolute Gasteiger partial charge is 0.352 e. The molecule has 31 heavy (non-hydrogen) atoms. The van der Waals surface area contributed by atoms with Gasteiger partial charge in [-0.1, -0.05) is 78.4 Å². The van der Waals surface area contributed by atoms with Crippen LogP contribution in [0.25, 0.3) is 0 Å². The van der Waals surface area contributed by atoms with Crippen LogP contribution in [0, 0.1) is 6.92 Å². The normalized spacial score (nSPS) is 15.4. The van der Waals surface area contributed by atoms with Crippen LogP contribution in [-0.4, -0.2) is 28.8 Å². The van der Waals surface area contributed by atoms with Crippen molar-refractivity contribution >= 4 is 35.0 Å². The fourth-order valence-corrected chi connectivity index (χ4v) is 4.55. The van der Waals surface area contributed by atoms with Gasteiger partial charge in [0.05, 0.1) is 6.42 Å². The summed E-state index contributed by atoms with van der Waals surface area (Å²) in [6, 6.07) is 12.7. The number of amides is 2. The highest BCUT2D eigenvalue weighted by atomic mass is 35.5. The number of benzene rings is 2. The summed E-state index contributed by atoms with van der Waals surface area (Å²) in [5.41, 5.74) is 2.79. The van der Waals surface area contributed by atoms with E-state index in [9.17, 15) is 9.59 Å². The van der Waals surface area contributed by atoms with Crippen molar-refractivity contribution in [2.24, 2.45) is 0 Å². The van der Waals surface area contributed by atoms with E-state index in [0.717, 1.165) is 42.4 Å². The molecule has 1 aliphatic carbocycles. The zero-order valence-electron chi connectivity index (χ0n) is 18.2. The molecule has 0 radical (unpaired) electrons. The predicted molar refractivity (Wildman–Crippen MR) is 126 cm³/mol. The number of rotatable bonds is 7. The van der Waals surface area contributed by atoms with Crippen LogP contribution < -0.4 is 5.32 Å². The number of carbonyl (C=O) groups excluding carboxylic acids is 2. The molecule has 1 unspecified atom stereocenters. The SMILES string of the molecule is Cc1cccc(CC(=O)N(Cc2ccc(Cl)cc2Cl)C(C)C(=O)NC2CCCCC2)c1. The van der Waals surface area contributed by atoms with Gasteiger partial charge in [-0.3, -0.25) is 9.59 Å². The van der Waals surface area contributed by atoms with Crippen LogP contribution in [-0.2, 0) is 22.6 Å². The van der Waals surface area contributed by atoms with E-state index in [-0.39, 0.29) is 30.8 Å². The average molecular weight is 461 g/mol. The Hall–Kier alpha value is -2.04. The van der Waals surface area contributed by atoms with Crippen molar-refractivity contribution in [3.05, 3.63) is 69.2 Å². The third-order valence-corrected chi connectivity index (χ3v) is 6.50. The van der Waals surface area contributed by atoms with E-state index in [0.29, 0.717) is 10.0 Å². The summed E-state index contributed by atoms with van der Waals surface area (Å²) >= 11 is 12.4. The monoisotopic (exact) mass is 460 g/mol. The summed E-state index contributed by atoms with van der Waals surface area (Å²) in [5.74, 6) is -0.225. The van der Waals surface area contributed by atoms with E-state index in [4.69, 9.17) is 23.2 Å². The highest BCUT2D eigenvalue weighted by Gasteiger charge is 2.28. The molecule has 2 aromatic rings. The molecule has 4 nitrogen and oxygen atoms in total. The number of aryl methyl sites for hydroxylation is 1. The second-order valence-corrected chi connectivity index (χ2v) is 9.29. The Morgan fingerprint density at radius 2 is 1.84 bits per heavy atom. The molecule has 0 heterocycles. The molecule has 2 aromatic carbocycles. The van der Waals surface area contributed by atoms with Gasteiger partial charge in [-0.15, -0.1) is 0 Å². The zero-order valence-corrected chi connectivity index (χ0v) is 19.7. The van der Waals surface area contributed by atoms with Gasteiger partial charge in [0.2, 0.25) is 11.8 Å². The molecule has 0 spiro atoms. The maximum absolute atomic E-state index is 13.3. The number of halogens is 2. The first-order chi connectivity index (χ1) is 14.8. The van der Waals surface area contributed by atoms with Gasteiger partial charge < -0.3 is 10.2 Å². The Labute approximate surface area is 194 Å². The van der Waals surface area contributed by atoms with E-state index in [1.807, 2.05) is 37.3 Å². The van der Waals surface area contributed by atoms with E-state index in [1.54, 1.807) is 24.0 Å². The Kier molecular flexibility index (Phi) is 8.39. The van der Waals surface area contributed by atoms with Crippen molar-refractivity contribution in [1.82, 2.24) is 10.2 Å². The Morgan fingerprint density at radius 1 is 1.10 bits per heavy atom. The lowest BCUT2D eigenvalue weighted by molar-refractivity contribution is -0.140. The van der Waals surface area contributed by atoms with Crippen LogP contribution >= 0.6 is 23.2 Å². The fourth-order valence-electron chi connectivity index (χ4n) is 4.08. The van der Waals surface area contributed by atoms with Gasteiger partial charge in [0.1, 0.15) is 6.04 Å². The van der Waals surface area contributed by atoms with E-state index in [1.165, 1.54) is 6.42 Å². The molecule has 1 N–H and O–H groups in total. The van der Waals surface area contributed by atoms with Gasteiger partial charge in [-0.05, 0) is 49.9 Å². The molecule has 3 rings (SSSR count). The number of hydrogen-bond donors (Lipinski definition) is 1. The smallest absolute Gasteiger partial charge is 0.242 e. The third kappa shape index (κ3) is 6.72. The van der Waals surface area contributed by atoms with Crippen molar-refractivity contribution < 1.29 is 9.59 Å². The highest BCUT2D eigenvalue weighted by molar-refractivity contribution is 6.35. The van der Waals surface area contributed by atoms with Crippen LogP contribution in [0.5, 0.6) is 0 Å². The van der Waals surface area contributed by atoms with Crippen molar-refractivity contribution in [3.63, 3.8) is 0 Å². The molecular formula is C25H30Cl2N2O2. The molecule has 0 saturated heterocycles. The van der Waals surface area contributed by atoms with Gasteiger partial charge in [0.15, 0.2) is 0 Å². The van der Waals surface area contributed by atoms with Crippen molar-refractivity contribution in [2.75, 3.05) is 0 Å². The molecule has 0 aromatic heterocycles. The van der Waals surface area contributed by atoms with Crippen molar-refractivity contribution in [1.29, 1.82) is 0 Å². The summed E-state index contributed by atoms with van der Waals surface area (Å²) in [5, 5.41) is 4.17. The lowest BCUT2D eigenvalue weighted by Gasteiger charge is -2.31. The molecule has 0 bridgehead atoms. The third-order valence-electron chi connectivity index (χ3n) is 5.91. The molecule has 1 aliphatic rings. The quantitative estimate of drug-likeness (QED) is 0.574. The first kappa shape index (κ1) is 23.6. The van der Waals surface area contributed by atoms with E-state index in [2.05, 4.69) is 5.32 Å². The van der Waals surface area contributed by atoms with Gasteiger partial charge in [-0.2, -0.15) is 0 Å². The molecule has 2 amide bonds. The minimum atomic E-state index is -0.606. The van der Waals surface area contributed by atoms with Crippen LogP contribution in [0.3, 0.4) is 0 Å². The Morgan fingerprint density at radius 3 is 2.52 bits per heavy atom. The van der Waals surface area contributed by atoms with Gasteiger partial charge in [-0.25, -0.2) is 0 Å². The van der Waals surface area contributed by atoms with Crippen LogP contribution in [0.2, 0.25) is 10.0 Å². The minimum absolute atomic E-state index is 0.108. The molecule has 1 fully saturated rings. The number of nitrogens with one attached hydrogen (secondary N) is 1. The summed E-state index contributed by atoms with van der Waals surface area (Å²) in [4.78, 5) is 28.0. The lowest BCUT2D eigenvalue weighted by atomic mass is 9.95. The number of carbonyl (C=O) groups is 2. The van der Waals surface area contributed by atoms with E-state index < -0.39 is 6.04 Å². The van der Waals surface area contributed by atoms with Crippen molar-refractivity contribution in [3.8, 4) is 0 Å². The van der Waals surface area contributed by atoms with Crippen LogP contribution in [0.1, 0.15) is 55.7 Å². The molecule has 1 saturated carbocycles. The highest BCUT2D eigenvalue weighted by Crippen LogP contribution is 2.24. The van der Waals surface area contributed by atoms with Crippen molar-refractivity contribution in [2.45, 2.75) is 71.0 Å². The average Bonchev–Trinajstić information content (AvgIpc) is 2.73. The van der Waals surface area contributed by atoms with Gasteiger partial charge in [0, 0.05) is 22.6 Å². The molecular weight excluding hydrogens is 431 g/mol. The van der Waals surface area contributed by atoms with E-state index >= 15 is 0 Å². The predicted octanol–water partition coefficient (Wildman–Crippen LogP) is 5.71. The van der Waals surface area contributed by atoms with Gasteiger partial charge in [0.25, 0.3) is 0 Å². The second-order valence-electron chi connectivity index (χ2n) is 8.44. The number of hydrogen-bond acceptors (Lipinski definition) is 2. The first-order valence-corrected chi connectivity index (χ1v) is 11.7. The zero-order chi connectivity index (χ0) is 22.4. The summed E-state index contributed by atoms with van der Waals surface area (Å²) in [6.07, 6.45) is 5.72. The lowest BCUT2D eigenvalue weighted by Crippen LogP contribution is -2.50. The summed E-state index contributed by atoms with van der Waals surface area (Å²) in [7, 11) is 0. The molecule has 1 atom stereocenters. The Balaban J connectivity index is 1.79. The number of nitrogens with zero attached hydrogens (tertiary/aromatic N) is 1. The van der Waals surface area contributed by atoms with Crippen LogP contribution in [0.15, 0.2) is 42.5 Å². The first-order valence-electron chi connectivity index (χ1n) is 10.9. The second kappa shape index (κ2) is 11.0. The minimum Gasteiger partial charge on any atom is -0.352 e. The maximum Gasteiger partial charge on any atom is 0.242 e. The maximum atomic E-state index is 13.3. The summed E-state index contributed by atoms with van der Waals surface area (Å²) < 4.78 is 0. The topological polar surface area (TPSA) is 49.4 Å². The molecule has 0 aliphatic heterocycles. The Bertz CT molecular complexity index is 925. The summed E-state index contributed by atoms with van der Waals surface area (Å²) in [6.45, 7) is 4.04. The fraction of sp³-hybridized carbons (Fsp3) is 0.440. The molecule has 166 valence electrons. The van der Waals surface area contributed by atoms with Gasteiger partial charge >= 0.3 is 0 Å².